The lowest BCUT2D eigenvalue weighted by molar-refractivity contribution is 0.0527. The summed E-state index contributed by atoms with van der Waals surface area (Å²) in [6.45, 7) is 4.94. The van der Waals surface area contributed by atoms with E-state index in [0.717, 1.165) is 13.1 Å². The fraction of sp³-hybridized carbons (Fsp3) is 0.261. The molecule has 0 unspecified atom stereocenters. The molecule has 0 radical (unpaired) electrons. The first-order valence-corrected chi connectivity index (χ1v) is 10.3. The molecule has 4 rings (SSSR count). The van der Waals surface area contributed by atoms with Crippen molar-refractivity contribution in [3.05, 3.63) is 71.9 Å². The van der Waals surface area contributed by atoms with Crippen LogP contribution in [0, 0.1) is 0 Å². The van der Waals surface area contributed by atoms with Gasteiger partial charge in [-0.25, -0.2) is 9.48 Å². The van der Waals surface area contributed by atoms with Gasteiger partial charge in [0.1, 0.15) is 11.4 Å². The van der Waals surface area contributed by atoms with Crippen molar-refractivity contribution >= 4 is 23.4 Å². The zero-order chi connectivity index (χ0) is 21.8. The van der Waals surface area contributed by atoms with Crippen molar-refractivity contribution in [1.82, 2.24) is 14.7 Å². The predicted octanol–water partition coefficient (Wildman–Crippen LogP) is 2.59. The number of ether oxygens (including phenoxy) is 1. The number of amides is 1. The second-order valence-electron chi connectivity index (χ2n) is 7.24. The number of esters is 1. The molecule has 0 spiro atoms. The van der Waals surface area contributed by atoms with Gasteiger partial charge in [-0.1, -0.05) is 18.2 Å². The Labute approximate surface area is 180 Å². The zero-order valence-electron chi connectivity index (χ0n) is 17.4. The minimum absolute atomic E-state index is 0.0000819. The van der Waals surface area contributed by atoms with Crippen LogP contribution in [0.15, 0.2) is 60.8 Å². The topological polar surface area (TPSA) is 93.7 Å². The smallest absolute Gasteiger partial charge is 0.343 e. The van der Waals surface area contributed by atoms with Crippen molar-refractivity contribution in [3.8, 4) is 5.69 Å². The number of hydrogen-bond donors (Lipinski definition) is 1. The molecule has 1 aliphatic heterocycles. The van der Waals surface area contributed by atoms with Crippen molar-refractivity contribution in [2.75, 3.05) is 43.4 Å². The van der Waals surface area contributed by atoms with E-state index in [1.165, 1.54) is 16.6 Å². The van der Waals surface area contributed by atoms with Gasteiger partial charge in [-0.3, -0.25) is 4.79 Å². The molecule has 160 valence electrons. The Kier molecular flexibility index (Phi) is 5.88. The number of aromatic nitrogens is 2. The van der Waals surface area contributed by atoms with Gasteiger partial charge in [0.05, 0.1) is 18.5 Å². The first-order chi connectivity index (χ1) is 15.1. The minimum atomic E-state index is -0.507. The average Bonchev–Trinajstić information content (AvgIpc) is 3.21. The van der Waals surface area contributed by atoms with Gasteiger partial charge < -0.3 is 20.3 Å². The van der Waals surface area contributed by atoms with Gasteiger partial charge in [0.15, 0.2) is 0 Å². The van der Waals surface area contributed by atoms with Crippen molar-refractivity contribution in [1.29, 1.82) is 0 Å². The number of nitrogen functional groups attached to an aromatic ring is 1. The SMILES string of the molecule is CCOC(=O)c1cnn(-c2ccc(C(=O)N3CCN(c4ccccc4)CC3)cc2)c1N. The molecule has 0 aliphatic carbocycles. The van der Waals surface area contributed by atoms with Crippen LogP contribution in [0.4, 0.5) is 11.5 Å². The molecule has 3 aromatic rings. The molecule has 0 bridgehead atoms. The van der Waals surface area contributed by atoms with Gasteiger partial charge in [-0.15, -0.1) is 0 Å². The van der Waals surface area contributed by atoms with Crippen LogP contribution in [0.1, 0.15) is 27.6 Å². The van der Waals surface area contributed by atoms with Gasteiger partial charge in [0.25, 0.3) is 5.91 Å². The van der Waals surface area contributed by atoms with E-state index in [9.17, 15) is 9.59 Å². The molecule has 1 saturated heterocycles. The first-order valence-electron chi connectivity index (χ1n) is 10.3. The van der Waals surface area contributed by atoms with E-state index in [-0.39, 0.29) is 23.9 Å². The van der Waals surface area contributed by atoms with Gasteiger partial charge in [-0.2, -0.15) is 5.10 Å². The predicted molar refractivity (Wildman–Crippen MR) is 118 cm³/mol. The molecule has 8 heteroatoms. The lowest BCUT2D eigenvalue weighted by Crippen LogP contribution is -2.48. The monoisotopic (exact) mass is 419 g/mol. The molecule has 2 N–H and O–H groups in total. The number of piperazine rings is 1. The van der Waals surface area contributed by atoms with Gasteiger partial charge >= 0.3 is 5.97 Å². The fourth-order valence-corrected chi connectivity index (χ4v) is 3.66. The summed E-state index contributed by atoms with van der Waals surface area (Å²) < 4.78 is 6.44. The highest BCUT2D eigenvalue weighted by Gasteiger charge is 2.23. The van der Waals surface area contributed by atoms with Crippen molar-refractivity contribution in [2.24, 2.45) is 0 Å². The molecule has 0 saturated carbocycles. The van der Waals surface area contributed by atoms with Crippen LogP contribution in [0.25, 0.3) is 5.69 Å². The Morgan fingerprint density at radius 3 is 2.29 bits per heavy atom. The van der Waals surface area contributed by atoms with E-state index >= 15 is 0 Å². The molecule has 2 aromatic carbocycles. The molecule has 1 aromatic heterocycles. The number of anilines is 2. The summed E-state index contributed by atoms with van der Waals surface area (Å²) in [5, 5.41) is 4.18. The van der Waals surface area contributed by atoms with E-state index < -0.39 is 5.97 Å². The second kappa shape index (κ2) is 8.91. The molecule has 8 nitrogen and oxygen atoms in total. The molecule has 0 atom stereocenters. The van der Waals surface area contributed by atoms with E-state index in [4.69, 9.17) is 10.5 Å². The second-order valence-corrected chi connectivity index (χ2v) is 7.24. The summed E-state index contributed by atoms with van der Waals surface area (Å²) in [4.78, 5) is 29.0. The Hall–Kier alpha value is -3.81. The molecule has 31 heavy (non-hydrogen) atoms. The number of nitrogens with two attached hydrogens (primary N) is 1. The van der Waals surface area contributed by atoms with E-state index in [0.29, 0.717) is 24.3 Å². The highest BCUT2D eigenvalue weighted by atomic mass is 16.5. The van der Waals surface area contributed by atoms with Crippen LogP contribution in [0.3, 0.4) is 0 Å². The molecule has 2 heterocycles. The summed E-state index contributed by atoms with van der Waals surface area (Å²) in [7, 11) is 0. The highest BCUT2D eigenvalue weighted by molar-refractivity contribution is 5.95. The third kappa shape index (κ3) is 4.23. The van der Waals surface area contributed by atoms with Gasteiger partial charge in [0.2, 0.25) is 0 Å². The number of benzene rings is 2. The number of hydrogen-bond acceptors (Lipinski definition) is 6. The third-order valence-electron chi connectivity index (χ3n) is 5.35. The molecular formula is C23H25N5O3. The van der Waals surface area contributed by atoms with E-state index in [1.54, 1.807) is 31.2 Å². The molecular weight excluding hydrogens is 394 g/mol. The van der Waals surface area contributed by atoms with E-state index in [1.807, 2.05) is 23.1 Å². The van der Waals surface area contributed by atoms with Crippen molar-refractivity contribution < 1.29 is 14.3 Å². The lowest BCUT2D eigenvalue weighted by Gasteiger charge is -2.36. The molecule has 1 fully saturated rings. The number of nitrogens with zero attached hydrogens (tertiary/aromatic N) is 4. The summed E-state index contributed by atoms with van der Waals surface area (Å²) >= 11 is 0. The Balaban J connectivity index is 1.42. The summed E-state index contributed by atoms with van der Waals surface area (Å²) in [6, 6.07) is 17.3. The normalized spacial score (nSPS) is 13.8. The molecule has 1 aliphatic rings. The van der Waals surface area contributed by atoms with Crippen LogP contribution >= 0.6 is 0 Å². The van der Waals surface area contributed by atoms with E-state index in [2.05, 4.69) is 22.1 Å². The highest BCUT2D eigenvalue weighted by Crippen LogP contribution is 2.20. The van der Waals surface area contributed by atoms with Crippen LogP contribution in [0.2, 0.25) is 0 Å². The van der Waals surface area contributed by atoms with Crippen LogP contribution in [-0.2, 0) is 4.74 Å². The summed E-state index contributed by atoms with van der Waals surface area (Å²) in [5.41, 5.74) is 8.73. The van der Waals surface area contributed by atoms with Crippen LogP contribution < -0.4 is 10.6 Å². The van der Waals surface area contributed by atoms with Gasteiger partial charge in [0, 0.05) is 37.4 Å². The maximum atomic E-state index is 12.9. The average molecular weight is 419 g/mol. The van der Waals surface area contributed by atoms with Crippen LogP contribution in [-0.4, -0.2) is 59.3 Å². The number of carbonyl (C=O) groups excluding carboxylic acids is 2. The Bertz CT molecular complexity index is 1050. The maximum Gasteiger partial charge on any atom is 0.343 e. The third-order valence-corrected chi connectivity index (χ3v) is 5.35. The molecule has 1 amide bonds. The number of rotatable bonds is 5. The fourth-order valence-electron chi connectivity index (χ4n) is 3.66. The number of para-hydroxylation sites is 1. The van der Waals surface area contributed by atoms with Crippen LogP contribution in [0.5, 0.6) is 0 Å². The van der Waals surface area contributed by atoms with Crippen molar-refractivity contribution in [2.45, 2.75) is 6.92 Å². The Morgan fingerprint density at radius 2 is 1.65 bits per heavy atom. The largest absolute Gasteiger partial charge is 0.462 e. The number of carbonyl (C=O) groups is 2. The summed E-state index contributed by atoms with van der Waals surface area (Å²) in [6.07, 6.45) is 1.39. The first kappa shape index (κ1) is 20.5. The van der Waals surface area contributed by atoms with Crippen molar-refractivity contribution in [3.63, 3.8) is 0 Å². The quantitative estimate of drug-likeness (QED) is 0.639. The Morgan fingerprint density at radius 1 is 0.968 bits per heavy atom. The minimum Gasteiger partial charge on any atom is -0.462 e. The standard InChI is InChI=1S/C23H25N5O3/c1-2-31-23(30)20-16-25-28(21(20)24)19-10-8-17(9-11-19)22(29)27-14-12-26(13-15-27)18-6-4-3-5-7-18/h3-11,16H,2,12-15,24H2,1H3. The summed E-state index contributed by atoms with van der Waals surface area (Å²) in [5.74, 6) is -0.304. The van der Waals surface area contributed by atoms with Gasteiger partial charge in [-0.05, 0) is 43.3 Å². The zero-order valence-corrected chi connectivity index (χ0v) is 17.4. The lowest BCUT2D eigenvalue weighted by atomic mass is 10.1. The maximum absolute atomic E-state index is 12.9.